The number of hydrogen-bond acceptors (Lipinski definition) is 1. The second-order valence-corrected chi connectivity index (χ2v) is 5.81. The maximum atomic E-state index is 12.2. The lowest BCUT2D eigenvalue weighted by atomic mass is 9.89. The van der Waals surface area contributed by atoms with E-state index in [0.717, 1.165) is 31.8 Å². The molecular weight excluding hydrogens is 222 g/mol. The maximum absolute atomic E-state index is 12.2. The number of amides is 1. The maximum Gasteiger partial charge on any atom is 0.229 e. The molecule has 1 aliphatic rings. The van der Waals surface area contributed by atoms with E-state index in [9.17, 15) is 4.79 Å². The second kappa shape index (κ2) is 5.90. The Bertz CT molecular complexity index is 232. The molecular formula is C13H24ClNO. The third-order valence-corrected chi connectivity index (χ3v) is 4.18. The lowest BCUT2D eigenvalue weighted by Gasteiger charge is -2.36. The summed E-state index contributed by atoms with van der Waals surface area (Å²) in [5.41, 5.74) is -0.404. The molecule has 3 heteroatoms. The average molecular weight is 246 g/mol. The van der Waals surface area contributed by atoms with Crippen LogP contribution in [0, 0.1) is 11.3 Å². The van der Waals surface area contributed by atoms with E-state index < -0.39 is 5.41 Å². The monoisotopic (exact) mass is 245 g/mol. The molecule has 0 bridgehead atoms. The Hall–Kier alpha value is -0.240. The van der Waals surface area contributed by atoms with Gasteiger partial charge in [-0.3, -0.25) is 4.79 Å². The van der Waals surface area contributed by atoms with Gasteiger partial charge in [-0.2, -0.15) is 0 Å². The fourth-order valence-electron chi connectivity index (χ4n) is 2.32. The van der Waals surface area contributed by atoms with Crippen LogP contribution in [0.15, 0.2) is 0 Å². The molecule has 1 rings (SSSR count). The van der Waals surface area contributed by atoms with Crippen molar-refractivity contribution in [3.63, 3.8) is 0 Å². The highest BCUT2D eigenvalue weighted by Crippen LogP contribution is 2.26. The fourth-order valence-corrected chi connectivity index (χ4v) is 2.43. The third-order valence-electron chi connectivity index (χ3n) is 3.51. The van der Waals surface area contributed by atoms with E-state index in [1.807, 2.05) is 18.7 Å². The number of carbonyl (C=O) groups is 1. The Morgan fingerprint density at radius 1 is 1.38 bits per heavy atom. The summed E-state index contributed by atoms with van der Waals surface area (Å²) < 4.78 is 0. The molecule has 2 nitrogen and oxygen atoms in total. The summed E-state index contributed by atoms with van der Waals surface area (Å²) in [6, 6.07) is 0. The highest BCUT2D eigenvalue weighted by Gasteiger charge is 2.33. The predicted octanol–water partition coefficient (Wildman–Crippen LogP) is 3.29. The lowest BCUT2D eigenvalue weighted by Crippen LogP contribution is -2.45. The zero-order valence-corrected chi connectivity index (χ0v) is 11.5. The van der Waals surface area contributed by atoms with E-state index in [-0.39, 0.29) is 5.91 Å². The van der Waals surface area contributed by atoms with Crippen LogP contribution in [0.4, 0.5) is 0 Å². The van der Waals surface area contributed by atoms with Gasteiger partial charge in [0.05, 0.1) is 5.41 Å². The third kappa shape index (κ3) is 3.38. The van der Waals surface area contributed by atoms with E-state index in [1.54, 1.807) is 0 Å². The van der Waals surface area contributed by atoms with Gasteiger partial charge in [0.15, 0.2) is 0 Å². The molecule has 0 unspecified atom stereocenters. The van der Waals surface area contributed by atoms with Gasteiger partial charge >= 0.3 is 0 Å². The fraction of sp³-hybridized carbons (Fsp3) is 0.923. The summed E-state index contributed by atoms with van der Waals surface area (Å²) in [5.74, 6) is 1.45. The molecule has 1 amide bonds. The van der Waals surface area contributed by atoms with Gasteiger partial charge in [-0.15, -0.1) is 11.6 Å². The van der Waals surface area contributed by atoms with Crippen molar-refractivity contribution in [3.05, 3.63) is 0 Å². The zero-order chi connectivity index (χ0) is 12.2. The Kier molecular flexibility index (Phi) is 5.10. The number of nitrogens with zero attached hydrogens (tertiary/aromatic N) is 1. The van der Waals surface area contributed by atoms with E-state index in [2.05, 4.69) is 6.92 Å². The van der Waals surface area contributed by atoms with Crippen molar-refractivity contribution in [3.8, 4) is 0 Å². The second-order valence-electron chi connectivity index (χ2n) is 5.54. The number of carbonyl (C=O) groups excluding carboxylic acids is 1. The number of halogens is 1. The Balaban J connectivity index is 2.45. The first-order valence-corrected chi connectivity index (χ1v) is 6.90. The normalized spacial score (nSPS) is 18.9. The number of alkyl halides is 1. The smallest absolute Gasteiger partial charge is 0.229 e. The molecule has 1 saturated heterocycles. The molecule has 0 aromatic rings. The first kappa shape index (κ1) is 13.8. The van der Waals surface area contributed by atoms with Crippen LogP contribution in [0.5, 0.6) is 0 Å². The van der Waals surface area contributed by atoms with E-state index in [1.165, 1.54) is 12.8 Å². The van der Waals surface area contributed by atoms with Crippen LogP contribution in [-0.4, -0.2) is 29.8 Å². The van der Waals surface area contributed by atoms with Crippen molar-refractivity contribution in [2.45, 2.75) is 46.5 Å². The minimum Gasteiger partial charge on any atom is -0.342 e. The number of likely N-dealkylation sites (tertiary alicyclic amines) is 1. The van der Waals surface area contributed by atoms with Gasteiger partial charge in [-0.25, -0.2) is 0 Å². The van der Waals surface area contributed by atoms with Crippen molar-refractivity contribution in [2.24, 2.45) is 11.3 Å². The summed E-state index contributed by atoms with van der Waals surface area (Å²) in [4.78, 5) is 14.2. The number of hydrogen-bond donors (Lipinski definition) is 0. The van der Waals surface area contributed by atoms with Crippen LogP contribution in [0.25, 0.3) is 0 Å². The van der Waals surface area contributed by atoms with E-state index in [0.29, 0.717) is 5.88 Å². The lowest BCUT2D eigenvalue weighted by molar-refractivity contribution is -0.140. The molecule has 1 heterocycles. The molecule has 0 spiro atoms. The van der Waals surface area contributed by atoms with Crippen LogP contribution in [0.2, 0.25) is 0 Å². The minimum absolute atomic E-state index is 0.220. The van der Waals surface area contributed by atoms with Crippen molar-refractivity contribution in [2.75, 3.05) is 19.0 Å². The van der Waals surface area contributed by atoms with Crippen LogP contribution >= 0.6 is 11.6 Å². The van der Waals surface area contributed by atoms with Gasteiger partial charge in [0, 0.05) is 19.0 Å². The van der Waals surface area contributed by atoms with Crippen LogP contribution in [0.3, 0.4) is 0 Å². The summed E-state index contributed by atoms with van der Waals surface area (Å²) in [7, 11) is 0. The summed E-state index contributed by atoms with van der Waals surface area (Å²) >= 11 is 5.84. The highest BCUT2D eigenvalue weighted by atomic mass is 35.5. The summed E-state index contributed by atoms with van der Waals surface area (Å²) in [6.45, 7) is 7.93. The Labute approximate surface area is 104 Å². The number of piperidine rings is 1. The molecule has 0 N–H and O–H groups in total. The standard InChI is InChI=1S/C13H24ClNO/c1-4-5-11-6-8-15(9-7-11)12(16)13(2,3)10-14/h11H,4-10H2,1-3H3. The van der Waals surface area contributed by atoms with Gasteiger partial charge < -0.3 is 4.90 Å². The Morgan fingerprint density at radius 3 is 2.38 bits per heavy atom. The van der Waals surface area contributed by atoms with E-state index >= 15 is 0 Å². The van der Waals surface area contributed by atoms with Crippen LogP contribution < -0.4 is 0 Å². The molecule has 0 radical (unpaired) electrons. The van der Waals surface area contributed by atoms with Crippen molar-refractivity contribution in [1.82, 2.24) is 4.90 Å². The molecule has 16 heavy (non-hydrogen) atoms. The highest BCUT2D eigenvalue weighted by molar-refractivity contribution is 6.19. The minimum atomic E-state index is -0.404. The summed E-state index contributed by atoms with van der Waals surface area (Å²) in [6.07, 6.45) is 4.89. The van der Waals surface area contributed by atoms with Crippen LogP contribution in [0.1, 0.15) is 46.5 Å². The van der Waals surface area contributed by atoms with Crippen molar-refractivity contribution < 1.29 is 4.79 Å². The summed E-state index contributed by atoms with van der Waals surface area (Å²) in [5, 5.41) is 0. The van der Waals surface area contributed by atoms with Crippen molar-refractivity contribution in [1.29, 1.82) is 0 Å². The van der Waals surface area contributed by atoms with Crippen LogP contribution in [-0.2, 0) is 4.79 Å². The average Bonchev–Trinajstić information content (AvgIpc) is 2.29. The Morgan fingerprint density at radius 2 is 1.94 bits per heavy atom. The largest absolute Gasteiger partial charge is 0.342 e. The quantitative estimate of drug-likeness (QED) is 0.696. The molecule has 1 fully saturated rings. The molecule has 94 valence electrons. The van der Waals surface area contributed by atoms with Gasteiger partial charge in [0.1, 0.15) is 0 Å². The first-order chi connectivity index (χ1) is 7.51. The predicted molar refractivity (Wildman–Crippen MR) is 68.7 cm³/mol. The molecule has 1 aliphatic heterocycles. The zero-order valence-electron chi connectivity index (χ0n) is 10.8. The van der Waals surface area contributed by atoms with Gasteiger partial charge in [-0.1, -0.05) is 19.8 Å². The van der Waals surface area contributed by atoms with Gasteiger partial charge in [0.25, 0.3) is 0 Å². The number of rotatable bonds is 4. The van der Waals surface area contributed by atoms with Gasteiger partial charge in [0.2, 0.25) is 5.91 Å². The molecule has 0 atom stereocenters. The van der Waals surface area contributed by atoms with Gasteiger partial charge in [-0.05, 0) is 32.6 Å². The van der Waals surface area contributed by atoms with E-state index in [4.69, 9.17) is 11.6 Å². The SMILES string of the molecule is CCCC1CCN(C(=O)C(C)(C)CCl)CC1. The molecule has 0 saturated carbocycles. The molecule has 0 aromatic carbocycles. The molecule has 0 aliphatic carbocycles. The molecule has 0 aromatic heterocycles. The van der Waals surface area contributed by atoms with Crippen molar-refractivity contribution >= 4 is 17.5 Å². The topological polar surface area (TPSA) is 20.3 Å². The first-order valence-electron chi connectivity index (χ1n) is 6.36.